The minimum absolute atomic E-state index is 0.00264. The van der Waals surface area contributed by atoms with Crippen LogP contribution in [0.3, 0.4) is 0 Å². The van der Waals surface area contributed by atoms with Crippen LogP contribution in [0.25, 0.3) is 0 Å². The maximum absolute atomic E-state index is 13.0. The predicted octanol–water partition coefficient (Wildman–Crippen LogP) is 6.59. The van der Waals surface area contributed by atoms with Gasteiger partial charge in [0.25, 0.3) is 29.5 Å². The van der Waals surface area contributed by atoms with Crippen molar-refractivity contribution in [3.05, 3.63) is 147 Å². The summed E-state index contributed by atoms with van der Waals surface area (Å²) in [6, 6.07) is 14.5. The van der Waals surface area contributed by atoms with Crippen LogP contribution in [-0.2, 0) is 13.1 Å². The Balaban J connectivity index is 0.000000224. The van der Waals surface area contributed by atoms with E-state index < -0.39 is 40.9 Å². The second kappa shape index (κ2) is 18.9. The van der Waals surface area contributed by atoms with Gasteiger partial charge >= 0.3 is 0 Å². The third-order valence-electron chi connectivity index (χ3n) is 7.86. The standard InChI is InChI=1S/C19H14ClF2N5O3.C18H12ClF2N5O3/c1-10-16(30-14-4-11(7-23)3-13(20)6-14)19(28)27(9-24-10)8-12-5-15(17(21)22)25-26-18(12)29-2;1-9-15(29-13-3-10(6-22)2-12(19)5-13)18(28)26(8-23-9)7-11-4-14(16(20)21)24-25-17(11)27/h3-6,9,17H,8H2,1-2H3;2-5,8,16H,7H2,1H3,(H,25,27). The SMILES string of the molecule is COc1nnc(C(F)F)cc1Cn1cnc(C)c(Oc2cc(Cl)cc(C#N)c2)c1=O.Cc1ncn(Cc2cc(C(F)F)n[nH]c2=O)c(=O)c1Oc1cc(Cl)cc(C#N)c1. The van der Waals surface area contributed by atoms with Crippen LogP contribution in [0.4, 0.5) is 17.6 Å². The minimum atomic E-state index is -2.88. The maximum Gasteiger partial charge on any atom is 0.296 e. The topological polar surface area (TPSA) is 217 Å². The Kier molecular flexibility index (Phi) is 13.7. The number of alkyl halides is 4. The van der Waals surface area contributed by atoms with E-state index in [1.807, 2.05) is 17.2 Å². The zero-order valence-electron chi connectivity index (χ0n) is 30.6. The first-order valence-corrected chi connectivity index (χ1v) is 17.3. The van der Waals surface area contributed by atoms with Crippen molar-refractivity contribution >= 4 is 23.2 Å². The van der Waals surface area contributed by atoms with Crippen molar-refractivity contribution in [2.75, 3.05) is 7.11 Å². The maximum atomic E-state index is 13.0. The summed E-state index contributed by atoms with van der Waals surface area (Å²) in [6.45, 7) is 2.63. The monoisotopic (exact) mass is 852 g/mol. The fourth-order valence-electron chi connectivity index (χ4n) is 5.06. The van der Waals surface area contributed by atoms with Gasteiger partial charge in [-0.25, -0.2) is 32.6 Å². The van der Waals surface area contributed by atoms with Gasteiger partial charge in [-0.2, -0.15) is 15.6 Å². The molecule has 6 rings (SSSR count). The fourth-order valence-corrected chi connectivity index (χ4v) is 5.51. The first kappa shape index (κ1) is 43.0. The molecule has 59 heavy (non-hydrogen) atoms. The largest absolute Gasteiger partial charge is 0.480 e. The van der Waals surface area contributed by atoms with Gasteiger partial charge in [-0.05, 0) is 62.4 Å². The lowest BCUT2D eigenvalue weighted by Crippen LogP contribution is -2.27. The number of methoxy groups -OCH3 is 1. The van der Waals surface area contributed by atoms with Crippen molar-refractivity contribution in [3.8, 4) is 41.0 Å². The molecule has 22 heteroatoms. The highest BCUT2D eigenvalue weighted by molar-refractivity contribution is 6.31. The number of aromatic amines is 1. The minimum Gasteiger partial charge on any atom is -0.480 e. The molecule has 0 saturated heterocycles. The average molecular weight is 854 g/mol. The van der Waals surface area contributed by atoms with Crippen LogP contribution in [0.1, 0.15) is 57.9 Å². The number of benzene rings is 2. The molecule has 6 aromatic rings. The van der Waals surface area contributed by atoms with Crippen molar-refractivity contribution in [2.45, 2.75) is 39.8 Å². The number of hydrogen-bond donors (Lipinski definition) is 1. The van der Waals surface area contributed by atoms with Crippen molar-refractivity contribution < 1.29 is 31.8 Å². The summed E-state index contributed by atoms with van der Waals surface area (Å²) in [6.07, 6.45) is -3.28. The number of nitriles is 2. The summed E-state index contributed by atoms with van der Waals surface area (Å²) in [7, 11) is 1.31. The van der Waals surface area contributed by atoms with Gasteiger partial charge < -0.3 is 14.2 Å². The molecule has 0 unspecified atom stereocenters. The second-order valence-electron chi connectivity index (χ2n) is 12.0. The van der Waals surface area contributed by atoms with Crippen LogP contribution in [0.2, 0.25) is 10.0 Å². The molecule has 0 radical (unpaired) electrons. The summed E-state index contributed by atoms with van der Waals surface area (Å²) < 4.78 is 70.1. The molecule has 16 nitrogen and oxygen atoms in total. The molecule has 0 aliphatic carbocycles. The van der Waals surface area contributed by atoms with Crippen LogP contribution in [0, 0.1) is 36.5 Å². The van der Waals surface area contributed by atoms with E-state index in [1.54, 1.807) is 6.92 Å². The predicted molar refractivity (Wildman–Crippen MR) is 201 cm³/mol. The molecule has 0 bridgehead atoms. The van der Waals surface area contributed by atoms with E-state index in [4.69, 9.17) is 47.9 Å². The first-order valence-electron chi connectivity index (χ1n) is 16.5. The quantitative estimate of drug-likeness (QED) is 0.136. The van der Waals surface area contributed by atoms with E-state index in [0.29, 0.717) is 5.69 Å². The van der Waals surface area contributed by atoms with E-state index in [0.717, 1.165) is 21.3 Å². The van der Waals surface area contributed by atoms with Crippen molar-refractivity contribution in [1.29, 1.82) is 10.5 Å². The highest BCUT2D eigenvalue weighted by Gasteiger charge is 2.19. The third-order valence-corrected chi connectivity index (χ3v) is 8.30. The van der Waals surface area contributed by atoms with Gasteiger partial charge in [-0.3, -0.25) is 23.5 Å². The second-order valence-corrected chi connectivity index (χ2v) is 12.9. The molecule has 4 aromatic heterocycles. The first-order chi connectivity index (χ1) is 28.1. The smallest absolute Gasteiger partial charge is 0.296 e. The lowest BCUT2D eigenvalue weighted by Gasteiger charge is -2.13. The lowest BCUT2D eigenvalue weighted by atomic mass is 10.2. The average Bonchev–Trinajstić information content (AvgIpc) is 3.20. The number of hydrogen-bond acceptors (Lipinski definition) is 13. The van der Waals surface area contributed by atoms with Crippen LogP contribution in [0.5, 0.6) is 28.9 Å². The molecule has 0 aliphatic heterocycles. The van der Waals surface area contributed by atoms with E-state index in [9.17, 15) is 31.9 Å². The zero-order chi connectivity index (χ0) is 43.0. The number of rotatable bonds is 11. The molecule has 1 N–H and O–H groups in total. The molecule has 0 saturated carbocycles. The van der Waals surface area contributed by atoms with Crippen LogP contribution >= 0.6 is 23.2 Å². The summed E-state index contributed by atoms with van der Waals surface area (Å²) in [4.78, 5) is 45.8. The van der Waals surface area contributed by atoms with E-state index >= 15 is 0 Å². The number of ether oxygens (including phenoxy) is 3. The lowest BCUT2D eigenvalue weighted by molar-refractivity contribution is 0.144. The highest BCUT2D eigenvalue weighted by Crippen LogP contribution is 2.28. The number of H-pyrrole nitrogens is 1. The highest BCUT2D eigenvalue weighted by atomic mass is 35.5. The summed E-state index contributed by atoms with van der Waals surface area (Å²) >= 11 is 11.9. The number of aromatic nitrogens is 8. The third kappa shape index (κ3) is 10.6. The molecule has 0 aliphatic rings. The summed E-state index contributed by atoms with van der Waals surface area (Å²) in [5.74, 6) is 0.0808. The molecular formula is C37H26Cl2F4N10O6. The number of nitrogens with one attached hydrogen (secondary N) is 1. The molecule has 0 spiro atoms. The van der Waals surface area contributed by atoms with Gasteiger partial charge in [0.15, 0.2) is 0 Å². The van der Waals surface area contributed by atoms with Gasteiger partial charge in [0.1, 0.15) is 22.9 Å². The van der Waals surface area contributed by atoms with Gasteiger partial charge in [-0.1, -0.05) is 23.2 Å². The Hall–Kier alpha value is -7.16. The van der Waals surface area contributed by atoms with Crippen LogP contribution in [-0.4, -0.2) is 46.6 Å². The number of halogens is 6. The fraction of sp³-hybridized carbons (Fsp3) is 0.189. The molecule has 2 aromatic carbocycles. The van der Waals surface area contributed by atoms with Gasteiger partial charge in [0.2, 0.25) is 17.4 Å². The van der Waals surface area contributed by atoms with Gasteiger partial charge in [0, 0.05) is 21.2 Å². The van der Waals surface area contributed by atoms with Crippen LogP contribution in [0.15, 0.2) is 75.6 Å². The Bertz CT molecular complexity index is 2810. The molecule has 0 amide bonds. The van der Waals surface area contributed by atoms with Gasteiger partial charge in [0.05, 0.1) is 67.5 Å². The Morgan fingerprint density at radius 1 is 0.712 bits per heavy atom. The molecule has 0 fully saturated rings. The summed E-state index contributed by atoms with van der Waals surface area (Å²) in [5, 5.41) is 30.8. The molecule has 4 heterocycles. The number of aryl methyl sites for hydroxylation is 2. The molecule has 0 atom stereocenters. The van der Waals surface area contributed by atoms with E-state index in [1.165, 1.54) is 63.1 Å². The Labute approximate surface area is 339 Å². The van der Waals surface area contributed by atoms with E-state index in [-0.39, 0.29) is 80.0 Å². The van der Waals surface area contributed by atoms with E-state index in [2.05, 4.69) is 25.3 Å². The van der Waals surface area contributed by atoms with Crippen molar-refractivity contribution in [1.82, 2.24) is 39.5 Å². The van der Waals surface area contributed by atoms with Crippen molar-refractivity contribution in [3.63, 3.8) is 0 Å². The Morgan fingerprint density at radius 2 is 1.19 bits per heavy atom. The van der Waals surface area contributed by atoms with Crippen LogP contribution < -0.4 is 30.9 Å². The zero-order valence-corrected chi connectivity index (χ0v) is 32.1. The normalized spacial score (nSPS) is 10.7. The Morgan fingerprint density at radius 3 is 1.64 bits per heavy atom. The van der Waals surface area contributed by atoms with Crippen molar-refractivity contribution in [2.24, 2.45) is 0 Å². The number of nitrogens with zero attached hydrogens (tertiary/aromatic N) is 9. The molecular weight excluding hydrogens is 827 g/mol. The van der Waals surface area contributed by atoms with Gasteiger partial charge in [-0.15, -0.1) is 10.2 Å². The summed E-state index contributed by atoms with van der Waals surface area (Å²) in [5.41, 5.74) is -1.93. The molecule has 302 valence electrons.